The Morgan fingerprint density at radius 3 is 2.62 bits per heavy atom. The summed E-state index contributed by atoms with van der Waals surface area (Å²) in [6.45, 7) is 3.86. The molecule has 3 heterocycles. The molecule has 0 spiro atoms. The highest BCUT2D eigenvalue weighted by Gasteiger charge is 2.19. The molecule has 5 N–H and O–H groups in total. The van der Waals surface area contributed by atoms with Crippen molar-refractivity contribution in [3.8, 4) is 16.9 Å². The van der Waals surface area contributed by atoms with E-state index in [1.54, 1.807) is 42.7 Å². The molecule has 0 radical (unpaired) electrons. The van der Waals surface area contributed by atoms with Crippen molar-refractivity contribution in [3.63, 3.8) is 0 Å². The first-order valence-corrected chi connectivity index (χ1v) is 9.10. The SMILES string of the molecule is CC.Nc1ncccc1-c1c(CN=O)nnc2[nH]cc(Nc3ccc(O)cc3)c12. The van der Waals surface area contributed by atoms with Crippen LogP contribution in [0.25, 0.3) is 22.2 Å². The van der Waals surface area contributed by atoms with Crippen LogP contribution in [0.2, 0.25) is 0 Å². The molecule has 1 aromatic carbocycles. The number of aromatic amines is 1. The summed E-state index contributed by atoms with van der Waals surface area (Å²) in [6.07, 6.45) is 3.34. The number of phenols is 1. The van der Waals surface area contributed by atoms with Crippen molar-refractivity contribution in [2.75, 3.05) is 11.1 Å². The predicted molar refractivity (Wildman–Crippen MR) is 114 cm³/mol. The van der Waals surface area contributed by atoms with Gasteiger partial charge < -0.3 is 21.1 Å². The maximum Gasteiger partial charge on any atom is 0.162 e. The lowest BCUT2D eigenvalue weighted by Gasteiger charge is -2.12. The molecule has 29 heavy (non-hydrogen) atoms. The van der Waals surface area contributed by atoms with Crippen LogP contribution in [0.4, 0.5) is 17.2 Å². The van der Waals surface area contributed by atoms with Gasteiger partial charge in [0.2, 0.25) is 0 Å². The number of aromatic nitrogens is 4. The third-order valence-electron chi connectivity index (χ3n) is 4.14. The van der Waals surface area contributed by atoms with Crippen LogP contribution in [-0.2, 0) is 6.54 Å². The smallest absolute Gasteiger partial charge is 0.162 e. The molecule has 0 unspecified atom stereocenters. The minimum Gasteiger partial charge on any atom is -0.508 e. The summed E-state index contributed by atoms with van der Waals surface area (Å²) < 4.78 is 0. The number of rotatable bonds is 5. The molecule has 4 aromatic rings. The van der Waals surface area contributed by atoms with Gasteiger partial charge in [0.05, 0.1) is 16.8 Å². The van der Waals surface area contributed by atoms with Crippen molar-refractivity contribution in [2.24, 2.45) is 5.18 Å². The number of phenolic OH excluding ortho intramolecular Hbond substituents is 1. The number of nitrogens with two attached hydrogens (primary N) is 1. The monoisotopic (exact) mass is 391 g/mol. The Labute approximate surface area is 167 Å². The molecule has 0 aliphatic heterocycles. The van der Waals surface area contributed by atoms with E-state index in [4.69, 9.17) is 5.73 Å². The second-order valence-electron chi connectivity index (χ2n) is 5.84. The van der Waals surface area contributed by atoms with Crippen molar-refractivity contribution >= 4 is 28.2 Å². The molecule has 0 amide bonds. The highest BCUT2D eigenvalue weighted by Crippen LogP contribution is 2.38. The lowest BCUT2D eigenvalue weighted by molar-refractivity contribution is 0.475. The number of hydrogen-bond donors (Lipinski definition) is 4. The third-order valence-corrected chi connectivity index (χ3v) is 4.14. The summed E-state index contributed by atoms with van der Waals surface area (Å²) in [5.41, 5.74) is 9.79. The quantitative estimate of drug-likeness (QED) is 0.293. The average molecular weight is 391 g/mol. The standard InChI is InChI=1S/C18H15N7O2.C2H6/c19-17-12(2-1-7-20-17)15-14(9-22-27)24-25-18-16(15)13(8-21-18)23-10-3-5-11(26)6-4-10;1-2/h1-8,23,26H,9H2,(H2,19,20)(H,21,25);1-2H3. The highest BCUT2D eigenvalue weighted by atomic mass is 16.3. The fourth-order valence-corrected chi connectivity index (χ4v) is 2.94. The van der Waals surface area contributed by atoms with Gasteiger partial charge >= 0.3 is 0 Å². The van der Waals surface area contributed by atoms with E-state index < -0.39 is 0 Å². The van der Waals surface area contributed by atoms with Crippen molar-refractivity contribution in [2.45, 2.75) is 20.4 Å². The summed E-state index contributed by atoms with van der Waals surface area (Å²) in [6, 6.07) is 10.2. The Balaban J connectivity index is 0.00000117. The van der Waals surface area contributed by atoms with Crippen LogP contribution in [0, 0.1) is 4.91 Å². The molecule has 4 rings (SSSR count). The van der Waals surface area contributed by atoms with E-state index in [2.05, 4.69) is 30.7 Å². The van der Waals surface area contributed by atoms with Gasteiger partial charge in [-0.15, -0.1) is 5.10 Å². The van der Waals surface area contributed by atoms with E-state index in [-0.39, 0.29) is 12.3 Å². The lowest BCUT2D eigenvalue weighted by Crippen LogP contribution is -2.01. The molecular weight excluding hydrogens is 370 g/mol. The molecule has 9 nitrogen and oxygen atoms in total. The number of nitrogens with one attached hydrogen (secondary N) is 2. The zero-order valence-electron chi connectivity index (χ0n) is 16.0. The fourth-order valence-electron chi connectivity index (χ4n) is 2.94. The Hall–Kier alpha value is -4.01. The average Bonchev–Trinajstić information content (AvgIpc) is 3.15. The first-order valence-electron chi connectivity index (χ1n) is 9.10. The molecular formula is C20H21N7O2. The van der Waals surface area contributed by atoms with E-state index in [0.717, 1.165) is 16.8 Å². The van der Waals surface area contributed by atoms with Crippen LogP contribution in [0.5, 0.6) is 5.75 Å². The van der Waals surface area contributed by atoms with Crippen LogP contribution in [0.3, 0.4) is 0 Å². The van der Waals surface area contributed by atoms with Crippen molar-refractivity contribution < 1.29 is 5.11 Å². The summed E-state index contributed by atoms with van der Waals surface area (Å²) in [5.74, 6) is 0.490. The highest BCUT2D eigenvalue weighted by molar-refractivity contribution is 6.05. The van der Waals surface area contributed by atoms with Gasteiger partial charge in [-0.05, 0) is 36.4 Å². The van der Waals surface area contributed by atoms with Crippen molar-refractivity contribution in [1.29, 1.82) is 0 Å². The third kappa shape index (κ3) is 3.98. The number of nitrogens with zero attached hydrogens (tertiary/aromatic N) is 4. The van der Waals surface area contributed by atoms with Crippen molar-refractivity contribution in [1.82, 2.24) is 20.2 Å². The van der Waals surface area contributed by atoms with E-state index in [1.807, 2.05) is 19.9 Å². The van der Waals surface area contributed by atoms with E-state index in [1.165, 1.54) is 0 Å². The molecule has 0 bridgehead atoms. The molecule has 0 saturated heterocycles. The number of H-pyrrole nitrogens is 1. The Morgan fingerprint density at radius 1 is 1.17 bits per heavy atom. The normalized spacial score (nSPS) is 10.3. The van der Waals surface area contributed by atoms with Gasteiger partial charge in [0.25, 0.3) is 0 Å². The van der Waals surface area contributed by atoms with Gasteiger partial charge in [-0.1, -0.05) is 19.0 Å². The predicted octanol–water partition coefficient (Wildman–Crippen LogP) is 4.34. The topological polar surface area (TPSA) is 142 Å². The summed E-state index contributed by atoms with van der Waals surface area (Å²) in [4.78, 5) is 18.1. The first kappa shape index (κ1) is 19.7. The molecule has 0 fully saturated rings. The maximum absolute atomic E-state index is 10.9. The molecule has 0 atom stereocenters. The van der Waals surface area contributed by atoms with Crippen LogP contribution >= 0.6 is 0 Å². The zero-order valence-corrected chi connectivity index (χ0v) is 16.0. The first-order chi connectivity index (χ1) is 14.2. The molecule has 0 aliphatic rings. The van der Waals surface area contributed by atoms with Crippen LogP contribution in [0.15, 0.2) is 54.0 Å². The number of fused-ring (bicyclic) bond motifs is 1. The summed E-state index contributed by atoms with van der Waals surface area (Å²) in [5, 5.41) is 24.7. The fraction of sp³-hybridized carbons (Fsp3) is 0.150. The molecule has 3 aromatic heterocycles. The van der Waals surface area contributed by atoms with Gasteiger partial charge in [-0.3, -0.25) is 0 Å². The minimum absolute atomic E-state index is 0.142. The molecule has 0 saturated carbocycles. The summed E-state index contributed by atoms with van der Waals surface area (Å²) >= 11 is 0. The van der Waals surface area contributed by atoms with Crippen LogP contribution in [0.1, 0.15) is 19.5 Å². The number of anilines is 3. The maximum atomic E-state index is 10.9. The number of nitroso groups, excluding NO2 is 1. The second kappa shape index (κ2) is 8.79. The zero-order chi connectivity index (χ0) is 20.8. The number of benzene rings is 1. The number of aromatic hydroxyl groups is 1. The number of pyridine rings is 1. The summed E-state index contributed by atoms with van der Waals surface area (Å²) in [7, 11) is 0. The largest absolute Gasteiger partial charge is 0.508 e. The van der Waals surface area contributed by atoms with E-state index in [9.17, 15) is 10.0 Å². The minimum atomic E-state index is -0.142. The van der Waals surface area contributed by atoms with Crippen LogP contribution in [-0.4, -0.2) is 25.3 Å². The molecule has 0 aliphatic carbocycles. The molecule has 9 heteroatoms. The van der Waals surface area contributed by atoms with Gasteiger partial charge in [0.15, 0.2) is 5.65 Å². The van der Waals surface area contributed by atoms with E-state index >= 15 is 0 Å². The Kier molecular flexibility index (Phi) is 5.98. The Bertz CT molecular complexity index is 1120. The van der Waals surface area contributed by atoms with Gasteiger partial charge in [0.1, 0.15) is 18.1 Å². The molecule has 148 valence electrons. The van der Waals surface area contributed by atoms with Crippen LogP contribution < -0.4 is 11.1 Å². The van der Waals surface area contributed by atoms with Gasteiger partial charge in [-0.25, -0.2) is 4.98 Å². The Morgan fingerprint density at radius 2 is 1.93 bits per heavy atom. The van der Waals surface area contributed by atoms with Gasteiger partial charge in [-0.2, -0.15) is 10.0 Å². The lowest BCUT2D eigenvalue weighted by atomic mass is 10.0. The number of nitrogen functional groups attached to an aromatic ring is 1. The van der Waals surface area contributed by atoms with Crippen molar-refractivity contribution in [3.05, 3.63) is 59.4 Å². The number of hydrogen-bond acceptors (Lipinski definition) is 8. The van der Waals surface area contributed by atoms with Gasteiger partial charge in [0, 0.05) is 29.2 Å². The second-order valence-corrected chi connectivity index (χ2v) is 5.84. The van der Waals surface area contributed by atoms with E-state index in [0.29, 0.717) is 28.3 Å².